The first-order valence-corrected chi connectivity index (χ1v) is 6.33. The maximum absolute atomic E-state index is 11.1. The second-order valence-corrected chi connectivity index (χ2v) is 5.63. The Bertz CT molecular complexity index is 382. The fourth-order valence-electron chi connectivity index (χ4n) is 0.414. The Morgan fingerprint density at radius 3 is 1.83 bits per heavy atom. The van der Waals surface area contributed by atoms with E-state index in [9.17, 15) is 17.8 Å². The van der Waals surface area contributed by atoms with Crippen LogP contribution < -0.4 is 0 Å². The van der Waals surface area contributed by atoms with Crippen molar-refractivity contribution >= 4 is 16.4 Å². The Kier molecular flexibility index (Phi) is 8.04. The minimum atomic E-state index is -4.41. The van der Waals surface area contributed by atoms with Gasteiger partial charge in [0.05, 0.1) is 28.3 Å². The lowest BCUT2D eigenvalue weighted by Gasteiger charge is -2.30. The van der Waals surface area contributed by atoms with Gasteiger partial charge in [-0.15, -0.1) is 0 Å². The van der Waals surface area contributed by atoms with E-state index < -0.39 is 10.4 Å². The molecule has 0 aromatic heterocycles. The Balaban J connectivity index is 0. The molecule has 0 aliphatic rings. The molecule has 0 bridgehead atoms. The van der Waals surface area contributed by atoms with E-state index in [0.717, 1.165) is 7.11 Å². The van der Waals surface area contributed by atoms with Crippen LogP contribution in [0.15, 0.2) is 12.2 Å². The number of ether oxygens (including phenoxy) is 1. The predicted molar refractivity (Wildman–Crippen MR) is 65.1 cm³/mol. The van der Waals surface area contributed by atoms with Gasteiger partial charge in [0.25, 0.3) is 0 Å². The van der Waals surface area contributed by atoms with Gasteiger partial charge >= 0.3 is 5.97 Å². The maximum Gasteiger partial charge on any atom is 0.337 e. The summed E-state index contributed by atoms with van der Waals surface area (Å²) in [6, 6.07) is 0. The molecule has 0 saturated carbocycles. The zero-order chi connectivity index (χ0) is 15.1. The summed E-state index contributed by atoms with van der Waals surface area (Å²) in [4.78, 5) is 11.1. The summed E-state index contributed by atoms with van der Waals surface area (Å²) in [6.45, 7) is 7.01. The first-order chi connectivity index (χ1) is 7.81. The molecule has 1 atom stereocenters. The van der Waals surface area contributed by atoms with Crippen molar-refractivity contribution < 1.29 is 31.2 Å². The number of carbonyl (C=O) groups is 1. The highest BCUT2D eigenvalue weighted by Crippen LogP contribution is 2.06. The first-order valence-electron chi connectivity index (χ1n) is 5.00. The highest BCUT2D eigenvalue weighted by Gasteiger charge is 2.22. The normalized spacial score (nSPS) is 13.1. The molecular formula is C10H21NO6S. The largest absolute Gasteiger partial charge is 0.726 e. The minimum Gasteiger partial charge on any atom is -0.726 e. The molecule has 0 spiro atoms. The highest BCUT2D eigenvalue weighted by atomic mass is 32.3. The molecule has 0 fully saturated rings. The van der Waals surface area contributed by atoms with Gasteiger partial charge in [-0.3, -0.25) is 8.67 Å². The van der Waals surface area contributed by atoms with Gasteiger partial charge in [0.2, 0.25) is 16.6 Å². The predicted octanol–water partition coefficient (Wildman–Crippen LogP) is 0.251. The Morgan fingerprint density at radius 2 is 1.67 bits per heavy atom. The van der Waals surface area contributed by atoms with Crippen molar-refractivity contribution in [3.8, 4) is 0 Å². The molecule has 0 aliphatic heterocycles. The molecule has 0 aromatic carbocycles. The average Bonchev–Trinajstić information content (AvgIpc) is 2.15. The zero-order valence-corrected chi connectivity index (χ0v) is 12.4. The van der Waals surface area contributed by atoms with E-state index in [2.05, 4.69) is 10.8 Å². The summed E-state index contributed by atoms with van der Waals surface area (Å²) in [6.07, 6.45) is -0.144. The van der Waals surface area contributed by atoms with E-state index in [1.807, 2.05) is 28.1 Å². The molecule has 7 nitrogen and oxygen atoms in total. The van der Waals surface area contributed by atoms with E-state index in [4.69, 9.17) is 4.74 Å². The lowest BCUT2D eigenvalue weighted by atomic mass is 10.3. The molecule has 0 heterocycles. The number of hydrogen-bond donors (Lipinski definition) is 0. The second-order valence-electron chi connectivity index (χ2n) is 4.48. The molecular weight excluding hydrogens is 262 g/mol. The van der Waals surface area contributed by atoms with Crippen LogP contribution in [-0.2, 0) is 24.1 Å². The molecule has 0 N–H and O–H groups in total. The summed E-state index contributed by atoms with van der Waals surface area (Å²) < 4.78 is 36.7. The molecule has 0 radical (unpaired) electrons. The van der Waals surface area contributed by atoms with Gasteiger partial charge in [0.1, 0.15) is 0 Å². The van der Waals surface area contributed by atoms with Crippen molar-refractivity contribution in [1.29, 1.82) is 0 Å². The van der Waals surface area contributed by atoms with Crippen LogP contribution in [0.4, 0.5) is 0 Å². The van der Waals surface area contributed by atoms with Crippen LogP contribution in [0.3, 0.4) is 0 Å². The number of nitrogens with zero attached hydrogens (tertiary/aromatic N) is 1. The summed E-state index contributed by atoms with van der Waals surface area (Å²) in [7, 11) is 2.30. The zero-order valence-electron chi connectivity index (χ0n) is 11.6. The van der Waals surface area contributed by atoms with Crippen LogP contribution in [0.1, 0.15) is 13.8 Å². The topological polar surface area (TPSA) is 92.7 Å². The van der Waals surface area contributed by atoms with Gasteiger partial charge < -0.3 is 9.29 Å². The minimum absolute atomic E-state index is 0.144. The van der Waals surface area contributed by atoms with Crippen LogP contribution in [0.25, 0.3) is 0 Å². The van der Waals surface area contributed by atoms with Crippen molar-refractivity contribution in [3.05, 3.63) is 12.2 Å². The van der Waals surface area contributed by atoms with Crippen LogP contribution in [0.2, 0.25) is 0 Å². The fourth-order valence-corrected chi connectivity index (χ4v) is 0.414. The van der Waals surface area contributed by atoms with Gasteiger partial charge in [0.15, 0.2) is 0 Å². The SMILES string of the molecule is C=C(C)C(=O)O[C@H](C)[N+](C)(C)C.COS(=O)(=O)[O-]. The molecule has 0 aromatic rings. The van der Waals surface area contributed by atoms with Crippen LogP contribution in [-0.4, -0.2) is 57.9 Å². The summed E-state index contributed by atoms with van der Waals surface area (Å²) in [5.74, 6) is -0.324. The third kappa shape index (κ3) is 11.5. The Hall–Kier alpha value is -0.960. The average molecular weight is 283 g/mol. The highest BCUT2D eigenvalue weighted by molar-refractivity contribution is 7.80. The number of esters is 1. The van der Waals surface area contributed by atoms with E-state index in [-0.39, 0.29) is 12.2 Å². The molecule has 0 aliphatic carbocycles. The van der Waals surface area contributed by atoms with Crippen molar-refractivity contribution in [2.75, 3.05) is 28.3 Å². The molecule has 0 amide bonds. The number of hydrogen-bond acceptors (Lipinski definition) is 6. The number of rotatable bonds is 4. The van der Waals surface area contributed by atoms with Gasteiger partial charge in [-0.25, -0.2) is 13.2 Å². The smallest absolute Gasteiger partial charge is 0.337 e. The standard InChI is InChI=1S/C9H18NO2.CH4O4S/c1-7(2)9(11)12-8(3)10(4,5)6;1-5-6(2,3)4/h8H,1H2,2-6H3;1H3,(H,2,3,4)/q+1;/p-1/t8-;/m1./s1. The molecule has 8 heteroatoms. The Labute approximate surface area is 109 Å². The monoisotopic (exact) mass is 283 g/mol. The summed E-state index contributed by atoms with van der Waals surface area (Å²) >= 11 is 0. The molecule has 0 rings (SSSR count). The van der Waals surface area contributed by atoms with Crippen LogP contribution >= 0.6 is 0 Å². The third-order valence-electron chi connectivity index (χ3n) is 1.92. The number of carbonyl (C=O) groups excluding carboxylic acids is 1. The lowest BCUT2D eigenvalue weighted by Crippen LogP contribution is -2.45. The van der Waals surface area contributed by atoms with Gasteiger partial charge in [-0.2, -0.15) is 0 Å². The molecule has 0 unspecified atom stereocenters. The van der Waals surface area contributed by atoms with Crippen LogP contribution in [0.5, 0.6) is 0 Å². The van der Waals surface area contributed by atoms with E-state index >= 15 is 0 Å². The van der Waals surface area contributed by atoms with Gasteiger partial charge in [0, 0.05) is 12.5 Å². The summed E-state index contributed by atoms with van der Waals surface area (Å²) in [5.41, 5.74) is 0.440. The molecule has 18 heavy (non-hydrogen) atoms. The van der Waals surface area contributed by atoms with Crippen LogP contribution in [0, 0.1) is 0 Å². The van der Waals surface area contributed by atoms with Gasteiger partial charge in [-0.05, 0) is 6.92 Å². The van der Waals surface area contributed by atoms with Crippen molar-refractivity contribution in [1.82, 2.24) is 0 Å². The first kappa shape index (κ1) is 19.4. The van der Waals surface area contributed by atoms with Gasteiger partial charge in [-0.1, -0.05) is 6.58 Å². The lowest BCUT2D eigenvalue weighted by molar-refractivity contribution is -0.914. The van der Waals surface area contributed by atoms with E-state index in [1.54, 1.807) is 6.92 Å². The second kappa shape index (κ2) is 7.47. The summed E-state index contributed by atoms with van der Waals surface area (Å²) in [5, 5.41) is 0. The molecule has 108 valence electrons. The van der Waals surface area contributed by atoms with Crippen molar-refractivity contribution in [3.63, 3.8) is 0 Å². The third-order valence-corrected chi connectivity index (χ3v) is 2.33. The Morgan fingerprint density at radius 1 is 1.33 bits per heavy atom. The number of quaternary nitrogens is 1. The van der Waals surface area contributed by atoms with Crippen molar-refractivity contribution in [2.45, 2.75) is 20.1 Å². The molecule has 0 saturated heterocycles. The fraction of sp³-hybridized carbons (Fsp3) is 0.700. The maximum atomic E-state index is 11.1. The van der Waals surface area contributed by atoms with E-state index in [1.165, 1.54) is 0 Å². The van der Waals surface area contributed by atoms with E-state index in [0.29, 0.717) is 10.1 Å². The quantitative estimate of drug-likeness (QED) is 0.183. The van der Waals surface area contributed by atoms with Crippen molar-refractivity contribution in [2.24, 2.45) is 0 Å².